The Morgan fingerprint density at radius 1 is 1.36 bits per heavy atom. The summed E-state index contributed by atoms with van der Waals surface area (Å²) in [5.41, 5.74) is 0.919. The third kappa shape index (κ3) is 1.29. The van der Waals surface area contributed by atoms with Crippen LogP contribution in [0.4, 0.5) is 0 Å². The molecule has 1 N–H and O–H groups in total. The highest BCUT2D eigenvalue weighted by Crippen LogP contribution is 2.23. The van der Waals surface area contributed by atoms with Gasteiger partial charge in [0.05, 0.1) is 0 Å². The molecule has 1 aliphatic rings. The van der Waals surface area contributed by atoms with E-state index in [9.17, 15) is 0 Å². The highest BCUT2D eigenvalue weighted by atomic mass is 32.2. The third-order valence-electron chi connectivity index (χ3n) is 2.30. The van der Waals surface area contributed by atoms with Crippen molar-refractivity contribution in [3.8, 4) is 0 Å². The summed E-state index contributed by atoms with van der Waals surface area (Å²) in [5.74, 6) is 0. The zero-order valence-electron chi connectivity index (χ0n) is 7.55. The summed E-state index contributed by atoms with van der Waals surface area (Å²) in [4.78, 5) is 0. The Hall–Kier alpha value is -1.07. The minimum atomic E-state index is 0.655. The molecule has 0 unspecified atom stereocenters. The predicted molar refractivity (Wildman–Crippen MR) is 55.5 cm³/mol. The van der Waals surface area contributed by atoms with Crippen LogP contribution in [0.5, 0.6) is 0 Å². The number of rotatable bonds is 2. The van der Waals surface area contributed by atoms with Crippen LogP contribution < -0.4 is 5.32 Å². The van der Waals surface area contributed by atoms with Gasteiger partial charge in [0.2, 0.25) is 0 Å². The van der Waals surface area contributed by atoms with Crippen LogP contribution in [0.1, 0.15) is 0 Å². The van der Waals surface area contributed by atoms with Gasteiger partial charge in [0.25, 0.3) is 0 Å². The highest BCUT2D eigenvalue weighted by Gasteiger charge is 2.20. The van der Waals surface area contributed by atoms with E-state index < -0.39 is 0 Å². The van der Waals surface area contributed by atoms with E-state index in [0.717, 1.165) is 23.9 Å². The van der Waals surface area contributed by atoms with E-state index in [1.165, 1.54) is 0 Å². The summed E-state index contributed by atoms with van der Waals surface area (Å²) in [7, 11) is 0. The first kappa shape index (κ1) is 8.26. The second-order valence-electron chi connectivity index (χ2n) is 3.31. The van der Waals surface area contributed by atoms with Crippen molar-refractivity contribution in [3.63, 3.8) is 0 Å². The molecule has 0 amide bonds. The molecule has 0 spiro atoms. The minimum absolute atomic E-state index is 0.655. The van der Waals surface area contributed by atoms with Crippen LogP contribution in [0, 0.1) is 0 Å². The fourth-order valence-corrected chi connectivity index (χ4v) is 2.45. The zero-order chi connectivity index (χ0) is 9.38. The molecule has 3 rings (SSSR count). The van der Waals surface area contributed by atoms with E-state index in [4.69, 9.17) is 0 Å². The molecule has 14 heavy (non-hydrogen) atoms. The number of hydrogen-bond acceptors (Lipinski definition) is 4. The molecule has 3 heterocycles. The van der Waals surface area contributed by atoms with E-state index in [1.54, 1.807) is 11.8 Å². The lowest BCUT2D eigenvalue weighted by Crippen LogP contribution is -2.44. The summed E-state index contributed by atoms with van der Waals surface area (Å²) in [5, 5.41) is 13.2. The molecule has 1 saturated heterocycles. The molecule has 2 aromatic rings. The monoisotopic (exact) mass is 206 g/mol. The van der Waals surface area contributed by atoms with Crippen molar-refractivity contribution in [3.05, 3.63) is 24.4 Å². The van der Waals surface area contributed by atoms with E-state index in [-0.39, 0.29) is 0 Å². The number of nitrogens with one attached hydrogen (secondary N) is 1. The molecular weight excluding hydrogens is 196 g/mol. The molecule has 1 fully saturated rings. The predicted octanol–water partition coefficient (Wildman–Crippen LogP) is 0.793. The highest BCUT2D eigenvalue weighted by molar-refractivity contribution is 7.99. The number of aromatic nitrogens is 3. The van der Waals surface area contributed by atoms with Gasteiger partial charge in [-0.3, -0.25) is 4.40 Å². The van der Waals surface area contributed by atoms with Crippen molar-refractivity contribution in [1.82, 2.24) is 19.9 Å². The zero-order valence-corrected chi connectivity index (χ0v) is 8.37. The largest absolute Gasteiger partial charge is 0.314 e. The SMILES string of the molecule is c1ccn2c(SC3CNC3)nnc2c1. The number of hydrogen-bond donors (Lipinski definition) is 1. The molecule has 0 radical (unpaired) electrons. The quantitative estimate of drug-likeness (QED) is 0.789. The molecule has 0 bridgehead atoms. The molecule has 5 heteroatoms. The lowest BCUT2D eigenvalue weighted by molar-refractivity contribution is 0.542. The van der Waals surface area contributed by atoms with Crippen LogP contribution in [0.3, 0.4) is 0 Å². The molecule has 2 aromatic heterocycles. The van der Waals surface area contributed by atoms with Crippen LogP contribution in [0.2, 0.25) is 0 Å². The van der Waals surface area contributed by atoms with Gasteiger partial charge in [-0.2, -0.15) is 0 Å². The topological polar surface area (TPSA) is 42.2 Å². The number of fused-ring (bicyclic) bond motifs is 1. The molecule has 72 valence electrons. The first-order chi connectivity index (χ1) is 6.93. The maximum absolute atomic E-state index is 4.17. The Bertz CT molecular complexity index is 449. The van der Waals surface area contributed by atoms with Crippen molar-refractivity contribution in [2.75, 3.05) is 13.1 Å². The van der Waals surface area contributed by atoms with E-state index in [2.05, 4.69) is 15.5 Å². The Kier molecular flexibility index (Phi) is 1.92. The maximum atomic E-state index is 4.17. The van der Waals surface area contributed by atoms with Crippen LogP contribution in [-0.4, -0.2) is 32.9 Å². The summed E-state index contributed by atoms with van der Waals surface area (Å²) in [6.45, 7) is 2.15. The first-order valence-corrected chi connectivity index (χ1v) is 5.48. The lowest BCUT2D eigenvalue weighted by atomic mass is 10.3. The molecule has 0 aromatic carbocycles. The molecule has 1 aliphatic heterocycles. The standard InChI is InChI=1S/C9H10N4S/c1-2-4-13-8(3-1)11-12-9(13)14-7-5-10-6-7/h1-4,7,10H,5-6H2. The fourth-order valence-electron chi connectivity index (χ4n) is 1.39. The van der Waals surface area contributed by atoms with Crippen molar-refractivity contribution in [2.24, 2.45) is 0 Å². The van der Waals surface area contributed by atoms with Crippen LogP contribution in [0.25, 0.3) is 5.65 Å². The van der Waals surface area contributed by atoms with Crippen molar-refractivity contribution < 1.29 is 0 Å². The second kappa shape index (κ2) is 3.25. The van der Waals surface area contributed by atoms with Gasteiger partial charge in [-0.25, -0.2) is 0 Å². The smallest absolute Gasteiger partial charge is 0.195 e. The van der Waals surface area contributed by atoms with E-state index in [0.29, 0.717) is 5.25 Å². The van der Waals surface area contributed by atoms with Crippen molar-refractivity contribution >= 4 is 17.4 Å². The Labute approximate surface area is 85.7 Å². The number of pyridine rings is 1. The lowest BCUT2D eigenvalue weighted by Gasteiger charge is -2.25. The molecular formula is C9H10N4S. The summed E-state index contributed by atoms with van der Waals surface area (Å²) in [6, 6.07) is 5.94. The van der Waals surface area contributed by atoms with Gasteiger partial charge < -0.3 is 5.32 Å². The van der Waals surface area contributed by atoms with Gasteiger partial charge in [0.1, 0.15) is 0 Å². The van der Waals surface area contributed by atoms with Crippen LogP contribution in [-0.2, 0) is 0 Å². The van der Waals surface area contributed by atoms with Gasteiger partial charge in [-0.05, 0) is 12.1 Å². The molecule has 0 atom stereocenters. The average molecular weight is 206 g/mol. The summed E-state index contributed by atoms with van der Waals surface area (Å²) >= 11 is 1.79. The Balaban J connectivity index is 1.95. The molecule has 4 nitrogen and oxygen atoms in total. The third-order valence-corrected chi connectivity index (χ3v) is 3.45. The normalized spacial score (nSPS) is 17.1. The van der Waals surface area contributed by atoms with E-state index in [1.807, 2.05) is 28.8 Å². The Morgan fingerprint density at radius 2 is 2.29 bits per heavy atom. The van der Waals surface area contributed by atoms with Gasteiger partial charge in [-0.15, -0.1) is 10.2 Å². The van der Waals surface area contributed by atoms with E-state index >= 15 is 0 Å². The average Bonchev–Trinajstić information content (AvgIpc) is 2.55. The fraction of sp³-hybridized carbons (Fsp3) is 0.333. The number of thioether (sulfide) groups is 1. The first-order valence-electron chi connectivity index (χ1n) is 4.60. The van der Waals surface area contributed by atoms with Gasteiger partial charge >= 0.3 is 0 Å². The van der Waals surface area contributed by atoms with Gasteiger partial charge in [-0.1, -0.05) is 17.8 Å². The summed E-state index contributed by atoms with van der Waals surface area (Å²) in [6.07, 6.45) is 2.00. The summed E-state index contributed by atoms with van der Waals surface area (Å²) < 4.78 is 2.03. The molecule has 0 saturated carbocycles. The van der Waals surface area contributed by atoms with Crippen molar-refractivity contribution in [1.29, 1.82) is 0 Å². The maximum Gasteiger partial charge on any atom is 0.195 e. The molecule has 0 aliphatic carbocycles. The van der Waals surface area contributed by atoms with Gasteiger partial charge in [0, 0.05) is 24.5 Å². The van der Waals surface area contributed by atoms with Gasteiger partial charge in [0.15, 0.2) is 10.8 Å². The number of nitrogens with zero attached hydrogens (tertiary/aromatic N) is 3. The Morgan fingerprint density at radius 3 is 3.07 bits per heavy atom. The van der Waals surface area contributed by atoms with Crippen molar-refractivity contribution in [2.45, 2.75) is 10.4 Å². The van der Waals surface area contributed by atoms with Crippen LogP contribution >= 0.6 is 11.8 Å². The minimum Gasteiger partial charge on any atom is -0.314 e. The van der Waals surface area contributed by atoms with Crippen LogP contribution in [0.15, 0.2) is 29.6 Å². The second-order valence-corrected chi connectivity index (χ2v) is 4.58.